The number of carbonyl (C=O) groups is 1. The standard InChI is InChI=1S/C20H21N5O3S/c1-12-14-10-16(29-20(14)24(2)23-12)19(26)22-17-8-9-21-25(17)11-13-6-5-7-15(27-3)18(13)28-4/h5-10H,11H2,1-4H3,(H,22,26). The second-order valence-electron chi connectivity index (χ2n) is 6.52. The van der Waals surface area contributed by atoms with Crippen molar-refractivity contribution in [3.8, 4) is 11.5 Å². The quantitative estimate of drug-likeness (QED) is 0.525. The van der Waals surface area contributed by atoms with Crippen LogP contribution in [0.1, 0.15) is 20.9 Å². The first-order valence-electron chi connectivity index (χ1n) is 8.98. The predicted octanol–water partition coefficient (Wildman–Crippen LogP) is 3.46. The van der Waals surface area contributed by atoms with Crippen LogP contribution in [-0.4, -0.2) is 39.7 Å². The van der Waals surface area contributed by atoms with Crippen LogP contribution in [0.4, 0.5) is 5.82 Å². The highest BCUT2D eigenvalue weighted by Gasteiger charge is 2.17. The zero-order valence-electron chi connectivity index (χ0n) is 16.6. The molecule has 4 aromatic rings. The number of aromatic nitrogens is 4. The molecule has 9 heteroatoms. The Labute approximate surface area is 171 Å². The number of methoxy groups -OCH3 is 2. The van der Waals surface area contributed by atoms with Gasteiger partial charge in [0.25, 0.3) is 5.91 Å². The molecule has 0 bridgehead atoms. The summed E-state index contributed by atoms with van der Waals surface area (Å²) < 4.78 is 14.4. The van der Waals surface area contributed by atoms with E-state index in [1.54, 1.807) is 35.8 Å². The summed E-state index contributed by atoms with van der Waals surface area (Å²) in [4.78, 5) is 14.4. The molecule has 0 aliphatic carbocycles. The first-order chi connectivity index (χ1) is 14.0. The molecule has 0 saturated carbocycles. The lowest BCUT2D eigenvalue weighted by molar-refractivity contribution is 0.102. The average Bonchev–Trinajstić information content (AvgIpc) is 3.40. The second kappa shape index (κ2) is 7.59. The molecule has 1 amide bonds. The van der Waals surface area contributed by atoms with Crippen molar-refractivity contribution in [3.63, 3.8) is 0 Å². The van der Waals surface area contributed by atoms with Gasteiger partial charge in [-0.25, -0.2) is 4.68 Å². The molecule has 4 rings (SSSR count). The smallest absolute Gasteiger partial charge is 0.266 e. The Morgan fingerprint density at radius 1 is 1.24 bits per heavy atom. The molecule has 29 heavy (non-hydrogen) atoms. The van der Waals surface area contributed by atoms with Crippen molar-refractivity contribution in [1.82, 2.24) is 19.6 Å². The van der Waals surface area contributed by atoms with Gasteiger partial charge in [-0.2, -0.15) is 10.2 Å². The van der Waals surface area contributed by atoms with Gasteiger partial charge in [-0.3, -0.25) is 9.48 Å². The molecule has 8 nitrogen and oxygen atoms in total. The monoisotopic (exact) mass is 411 g/mol. The van der Waals surface area contributed by atoms with E-state index in [1.807, 2.05) is 38.2 Å². The topological polar surface area (TPSA) is 83.2 Å². The van der Waals surface area contributed by atoms with Crippen LogP contribution in [0.3, 0.4) is 0 Å². The molecule has 1 N–H and O–H groups in total. The minimum absolute atomic E-state index is 0.176. The summed E-state index contributed by atoms with van der Waals surface area (Å²) in [6, 6.07) is 9.32. The number of para-hydroxylation sites is 1. The Kier molecular flexibility index (Phi) is 4.98. The molecule has 0 aliphatic rings. The lowest BCUT2D eigenvalue weighted by Gasteiger charge is -2.14. The maximum absolute atomic E-state index is 12.8. The number of benzene rings is 1. The lowest BCUT2D eigenvalue weighted by Crippen LogP contribution is -2.15. The van der Waals surface area contributed by atoms with E-state index >= 15 is 0 Å². The van der Waals surface area contributed by atoms with Crippen LogP contribution in [0.15, 0.2) is 36.5 Å². The Balaban J connectivity index is 1.58. The minimum Gasteiger partial charge on any atom is -0.493 e. The molecule has 3 aromatic heterocycles. The van der Waals surface area contributed by atoms with Gasteiger partial charge < -0.3 is 14.8 Å². The van der Waals surface area contributed by atoms with E-state index in [9.17, 15) is 4.79 Å². The zero-order chi connectivity index (χ0) is 20.5. The maximum atomic E-state index is 12.8. The van der Waals surface area contributed by atoms with E-state index in [0.717, 1.165) is 21.5 Å². The minimum atomic E-state index is -0.176. The third kappa shape index (κ3) is 3.44. The van der Waals surface area contributed by atoms with Gasteiger partial charge in [0.2, 0.25) is 0 Å². The van der Waals surface area contributed by atoms with Crippen LogP contribution in [0.2, 0.25) is 0 Å². The molecule has 3 heterocycles. The molecule has 0 fully saturated rings. The number of hydrogen-bond donors (Lipinski definition) is 1. The zero-order valence-corrected chi connectivity index (χ0v) is 17.4. The number of fused-ring (bicyclic) bond motifs is 1. The molecule has 150 valence electrons. The fourth-order valence-corrected chi connectivity index (χ4v) is 4.32. The molecular formula is C20H21N5O3S. The van der Waals surface area contributed by atoms with Gasteiger partial charge in [-0.05, 0) is 19.1 Å². The molecule has 0 aliphatic heterocycles. The average molecular weight is 411 g/mol. The first-order valence-corrected chi connectivity index (χ1v) is 9.79. The number of carbonyl (C=O) groups excluding carboxylic acids is 1. The summed E-state index contributed by atoms with van der Waals surface area (Å²) in [5.74, 6) is 1.73. The summed E-state index contributed by atoms with van der Waals surface area (Å²) in [5, 5.41) is 12.7. The summed E-state index contributed by atoms with van der Waals surface area (Å²) in [7, 11) is 5.08. The van der Waals surface area contributed by atoms with E-state index in [0.29, 0.717) is 28.7 Å². The van der Waals surface area contributed by atoms with Crippen molar-refractivity contribution in [2.24, 2.45) is 7.05 Å². The highest BCUT2D eigenvalue weighted by molar-refractivity contribution is 7.20. The number of nitrogens with zero attached hydrogens (tertiary/aromatic N) is 4. The van der Waals surface area contributed by atoms with Gasteiger partial charge in [0, 0.05) is 24.1 Å². The van der Waals surface area contributed by atoms with Gasteiger partial charge in [-0.1, -0.05) is 12.1 Å². The van der Waals surface area contributed by atoms with Crippen LogP contribution in [0, 0.1) is 6.92 Å². The van der Waals surface area contributed by atoms with E-state index in [4.69, 9.17) is 9.47 Å². The first kappa shape index (κ1) is 19.0. The number of nitrogens with one attached hydrogen (secondary N) is 1. The van der Waals surface area contributed by atoms with Gasteiger partial charge in [0.05, 0.1) is 37.5 Å². The second-order valence-corrected chi connectivity index (χ2v) is 7.55. The number of amides is 1. The van der Waals surface area contributed by atoms with Gasteiger partial charge in [0.1, 0.15) is 10.6 Å². The normalized spacial score (nSPS) is 11.0. The largest absolute Gasteiger partial charge is 0.493 e. The van der Waals surface area contributed by atoms with Crippen LogP contribution in [0.25, 0.3) is 10.2 Å². The van der Waals surface area contributed by atoms with Crippen LogP contribution >= 0.6 is 11.3 Å². The highest BCUT2D eigenvalue weighted by Crippen LogP contribution is 2.32. The van der Waals surface area contributed by atoms with Gasteiger partial charge in [-0.15, -0.1) is 11.3 Å². The third-order valence-corrected chi connectivity index (χ3v) is 5.88. The molecule has 0 radical (unpaired) electrons. The van der Waals surface area contributed by atoms with Crippen molar-refractivity contribution in [2.45, 2.75) is 13.5 Å². The summed E-state index contributed by atoms with van der Waals surface area (Å²) in [6.07, 6.45) is 1.65. The Morgan fingerprint density at radius 3 is 2.79 bits per heavy atom. The molecule has 0 atom stereocenters. The SMILES string of the molecule is COc1cccc(Cn2nccc2NC(=O)c2cc3c(C)nn(C)c3s2)c1OC. The Bertz CT molecular complexity index is 1160. The molecule has 1 aromatic carbocycles. The van der Waals surface area contributed by atoms with Crippen molar-refractivity contribution in [3.05, 3.63) is 52.7 Å². The molecule has 0 saturated heterocycles. The van der Waals surface area contributed by atoms with Crippen molar-refractivity contribution in [2.75, 3.05) is 19.5 Å². The number of thiophene rings is 1. The van der Waals surface area contributed by atoms with E-state index < -0.39 is 0 Å². The predicted molar refractivity (Wildman–Crippen MR) is 112 cm³/mol. The molecule has 0 spiro atoms. The molecular weight excluding hydrogens is 390 g/mol. The summed E-state index contributed by atoms with van der Waals surface area (Å²) in [5.41, 5.74) is 1.81. The van der Waals surface area contributed by atoms with E-state index in [-0.39, 0.29) is 5.91 Å². The lowest BCUT2D eigenvalue weighted by atomic mass is 10.2. The maximum Gasteiger partial charge on any atom is 0.266 e. The van der Waals surface area contributed by atoms with Crippen molar-refractivity contribution >= 4 is 33.3 Å². The van der Waals surface area contributed by atoms with E-state index in [2.05, 4.69) is 15.5 Å². The van der Waals surface area contributed by atoms with E-state index in [1.165, 1.54) is 11.3 Å². The summed E-state index contributed by atoms with van der Waals surface area (Å²) in [6.45, 7) is 2.37. The van der Waals surface area contributed by atoms with Crippen molar-refractivity contribution < 1.29 is 14.3 Å². The third-order valence-electron chi connectivity index (χ3n) is 4.68. The number of hydrogen-bond acceptors (Lipinski definition) is 6. The highest BCUT2D eigenvalue weighted by atomic mass is 32.1. The van der Waals surface area contributed by atoms with Gasteiger partial charge >= 0.3 is 0 Å². The number of rotatable bonds is 6. The van der Waals surface area contributed by atoms with Gasteiger partial charge in [0.15, 0.2) is 11.5 Å². The Morgan fingerprint density at radius 2 is 2.07 bits per heavy atom. The fraction of sp³-hybridized carbons (Fsp3) is 0.250. The number of aryl methyl sites for hydroxylation is 2. The van der Waals surface area contributed by atoms with Crippen molar-refractivity contribution in [1.29, 1.82) is 0 Å². The fourth-order valence-electron chi connectivity index (χ4n) is 3.30. The van der Waals surface area contributed by atoms with Crippen LogP contribution < -0.4 is 14.8 Å². The Hall–Kier alpha value is -3.33. The van der Waals surface area contributed by atoms with Crippen LogP contribution in [0.5, 0.6) is 11.5 Å². The summed E-state index contributed by atoms with van der Waals surface area (Å²) >= 11 is 1.42. The molecule has 0 unspecified atom stereocenters. The number of anilines is 1. The number of ether oxygens (including phenoxy) is 2. The van der Waals surface area contributed by atoms with Crippen LogP contribution in [-0.2, 0) is 13.6 Å².